The molecule has 0 unspecified atom stereocenters. The van der Waals surface area contributed by atoms with Crippen LogP contribution < -0.4 is 4.74 Å². The molecular weight excluding hydrogens is 396 g/mol. The molecule has 31 heavy (non-hydrogen) atoms. The van der Waals surface area contributed by atoms with Gasteiger partial charge in [0.1, 0.15) is 11.5 Å². The van der Waals surface area contributed by atoms with Gasteiger partial charge in [0, 0.05) is 6.54 Å². The van der Waals surface area contributed by atoms with Gasteiger partial charge < -0.3 is 24.1 Å². The lowest BCUT2D eigenvalue weighted by molar-refractivity contribution is -0.129. The van der Waals surface area contributed by atoms with E-state index < -0.39 is 23.5 Å². The number of furan rings is 1. The molecule has 1 aliphatic heterocycles. The number of aryl methyl sites for hydroxylation is 1. The Hall–Kier alpha value is -3.06. The molecule has 2 aromatic rings. The Morgan fingerprint density at radius 1 is 1.16 bits per heavy atom. The van der Waals surface area contributed by atoms with E-state index in [1.807, 2.05) is 12.1 Å². The quantitative estimate of drug-likeness (QED) is 0.580. The van der Waals surface area contributed by atoms with Gasteiger partial charge >= 0.3 is 0 Å². The number of hydrogen-bond acceptors (Lipinski definition) is 6. The second-order valence-corrected chi connectivity index (χ2v) is 7.56. The molecule has 7 nitrogen and oxygen atoms in total. The summed E-state index contributed by atoms with van der Waals surface area (Å²) in [5, 5.41) is 10.7. The summed E-state index contributed by atoms with van der Waals surface area (Å²) < 4.78 is 10.7. The van der Waals surface area contributed by atoms with Crippen LogP contribution in [0.2, 0.25) is 0 Å². The number of methoxy groups -OCH3 is 1. The smallest absolute Gasteiger partial charge is 0.290 e. The summed E-state index contributed by atoms with van der Waals surface area (Å²) in [5.41, 5.74) is 0.778. The van der Waals surface area contributed by atoms with Crippen LogP contribution in [0.3, 0.4) is 0 Å². The molecule has 2 heterocycles. The number of carbonyl (C=O) groups excluding carboxylic acids is 2. The van der Waals surface area contributed by atoms with Crippen molar-refractivity contribution in [2.45, 2.75) is 33.2 Å². The topological polar surface area (TPSA) is 83.2 Å². The fraction of sp³-hybridized carbons (Fsp3) is 0.417. The summed E-state index contributed by atoms with van der Waals surface area (Å²) in [6.45, 7) is 9.04. The Morgan fingerprint density at radius 3 is 2.39 bits per heavy atom. The van der Waals surface area contributed by atoms with E-state index in [1.54, 1.807) is 43.2 Å². The van der Waals surface area contributed by atoms with Crippen LogP contribution in [0.5, 0.6) is 5.75 Å². The van der Waals surface area contributed by atoms with Crippen molar-refractivity contribution < 1.29 is 23.8 Å². The number of amides is 1. The summed E-state index contributed by atoms with van der Waals surface area (Å²) in [7, 11) is 1.58. The maximum atomic E-state index is 13.2. The molecule has 0 fully saturated rings. The first-order valence-electron chi connectivity index (χ1n) is 10.6. The zero-order valence-electron chi connectivity index (χ0n) is 18.6. The Balaban J connectivity index is 1.94. The average Bonchev–Trinajstić information content (AvgIpc) is 3.33. The van der Waals surface area contributed by atoms with Crippen LogP contribution in [0, 0.1) is 6.92 Å². The van der Waals surface area contributed by atoms with Gasteiger partial charge in [0.2, 0.25) is 5.78 Å². The third-order valence-electron chi connectivity index (χ3n) is 5.71. The van der Waals surface area contributed by atoms with Gasteiger partial charge in [-0.2, -0.15) is 0 Å². The van der Waals surface area contributed by atoms with E-state index in [4.69, 9.17) is 9.15 Å². The summed E-state index contributed by atoms with van der Waals surface area (Å²) in [6, 6.07) is 9.75. The predicted octanol–water partition coefficient (Wildman–Crippen LogP) is 3.91. The van der Waals surface area contributed by atoms with Gasteiger partial charge in [-0.3, -0.25) is 9.59 Å². The predicted molar refractivity (Wildman–Crippen MR) is 117 cm³/mol. The second kappa shape index (κ2) is 9.83. The minimum atomic E-state index is -0.687. The lowest BCUT2D eigenvalue weighted by atomic mass is 9.95. The number of aliphatic hydroxyl groups is 1. The van der Waals surface area contributed by atoms with Crippen molar-refractivity contribution in [3.63, 3.8) is 0 Å². The zero-order valence-corrected chi connectivity index (χ0v) is 18.6. The molecule has 1 amide bonds. The van der Waals surface area contributed by atoms with Crippen LogP contribution in [0.15, 0.2) is 52.1 Å². The maximum Gasteiger partial charge on any atom is 0.290 e. The van der Waals surface area contributed by atoms with Crippen molar-refractivity contribution in [2.75, 3.05) is 33.3 Å². The van der Waals surface area contributed by atoms with E-state index in [0.717, 1.165) is 31.6 Å². The number of aliphatic hydroxyl groups excluding tert-OH is 1. The lowest BCUT2D eigenvalue weighted by Gasteiger charge is -2.28. The van der Waals surface area contributed by atoms with Gasteiger partial charge in [-0.15, -0.1) is 0 Å². The number of rotatable bonds is 10. The second-order valence-electron chi connectivity index (χ2n) is 7.56. The number of ketones is 1. The van der Waals surface area contributed by atoms with Crippen LogP contribution in [0.4, 0.5) is 0 Å². The molecule has 0 aliphatic carbocycles. The number of carbonyl (C=O) groups is 2. The molecule has 0 bridgehead atoms. The molecule has 1 aliphatic rings. The average molecular weight is 427 g/mol. The summed E-state index contributed by atoms with van der Waals surface area (Å²) in [5.74, 6) is -0.162. The maximum absolute atomic E-state index is 13.2. The third kappa shape index (κ3) is 4.66. The first kappa shape index (κ1) is 22.6. The molecule has 1 aromatic carbocycles. The van der Waals surface area contributed by atoms with E-state index >= 15 is 0 Å². The van der Waals surface area contributed by atoms with Gasteiger partial charge in [-0.1, -0.05) is 26.0 Å². The van der Waals surface area contributed by atoms with Crippen LogP contribution in [0.1, 0.15) is 48.2 Å². The summed E-state index contributed by atoms with van der Waals surface area (Å²) >= 11 is 0. The van der Waals surface area contributed by atoms with Gasteiger partial charge in [0.15, 0.2) is 11.5 Å². The van der Waals surface area contributed by atoms with Crippen molar-refractivity contribution >= 4 is 11.7 Å². The minimum absolute atomic E-state index is 0.0485. The molecule has 0 saturated heterocycles. The summed E-state index contributed by atoms with van der Waals surface area (Å²) in [6.07, 6.45) is 0.731. The Morgan fingerprint density at radius 2 is 1.84 bits per heavy atom. The first-order chi connectivity index (χ1) is 14.9. The first-order valence-corrected chi connectivity index (χ1v) is 10.6. The molecule has 1 N–H and O–H groups in total. The zero-order chi connectivity index (χ0) is 22.5. The Kier molecular flexibility index (Phi) is 7.17. The number of Topliss-reactive ketones (excluding diaryl/α,β-unsaturated/α-hetero) is 1. The van der Waals surface area contributed by atoms with Crippen molar-refractivity contribution in [1.82, 2.24) is 9.80 Å². The monoisotopic (exact) mass is 426 g/mol. The highest BCUT2D eigenvalue weighted by Crippen LogP contribution is 2.39. The van der Waals surface area contributed by atoms with E-state index in [0.29, 0.717) is 18.1 Å². The fourth-order valence-corrected chi connectivity index (χ4v) is 3.94. The molecule has 0 radical (unpaired) electrons. The minimum Gasteiger partial charge on any atom is -0.503 e. The number of hydrogen-bond donors (Lipinski definition) is 1. The number of benzene rings is 1. The molecule has 7 heteroatoms. The van der Waals surface area contributed by atoms with E-state index in [2.05, 4.69) is 18.7 Å². The molecule has 3 rings (SSSR count). The van der Waals surface area contributed by atoms with Gasteiger partial charge in [0.05, 0.1) is 18.7 Å². The summed E-state index contributed by atoms with van der Waals surface area (Å²) in [4.78, 5) is 30.0. The van der Waals surface area contributed by atoms with Gasteiger partial charge in [0.25, 0.3) is 5.91 Å². The Labute approximate surface area is 182 Å². The highest BCUT2D eigenvalue weighted by atomic mass is 16.5. The molecule has 0 saturated carbocycles. The highest BCUT2D eigenvalue weighted by Gasteiger charge is 2.44. The highest BCUT2D eigenvalue weighted by molar-refractivity contribution is 6.15. The van der Waals surface area contributed by atoms with Crippen molar-refractivity contribution in [3.8, 4) is 5.75 Å². The Bertz CT molecular complexity index is 957. The SMILES string of the molecule is CCN(CC)CCCN1C(=O)C(O)=C(C(=O)c2ccc(C)o2)[C@H]1c1ccc(OC)cc1. The molecule has 166 valence electrons. The molecule has 0 spiro atoms. The van der Waals surface area contributed by atoms with Crippen molar-refractivity contribution in [2.24, 2.45) is 0 Å². The van der Waals surface area contributed by atoms with Crippen LogP contribution in [0.25, 0.3) is 0 Å². The third-order valence-corrected chi connectivity index (χ3v) is 5.71. The molecule has 1 atom stereocenters. The van der Waals surface area contributed by atoms with E-state index in [-0.39, 0.29) is 11.3 Å². The largest absolute Gasteiger partial charge is 0.503 e. The molecular formula is C24H30N2O5. The van der Waals surface area contributed by atoms with Gasteiger partial charge in [-0.25, -0.2) is 0 Å². The van der Waals surface area contributed by atoms with E-state index in [9.17, 15) is 14.7 Å². The van der Waals surface area contributed by atoms with Crippen LogP contribution >= 0.6 is 0 Å². The standard InChI is InChI=1S/C24H30N2O5/c1-5-25(6-2)14-7-15-26-21(17-9-11-18(30-4)12-10-17)20(23(28)24(26)29)22(27)19-13-8-16(3)31-19/h8-13,21,28H,5-7,14-15H2,1-4H3/t21-/m1/s1. The lowest BCUT2D eigenvalue weighted by Crippen LogP contribution is -2.34. The van der Waals surface area contributed by atoms with E-state index in [1.165, 1.54) is 0 Å². The fourth-order valence-electron chi connectivity index (χ4n) is 3.94. The van der Waals surface area contributed by atoms with Crippen molar-refractivity contribution in [3.05, 3.63) is 64.8 Å². The van der Waals surface area contributed by atoms with Crippen molar-refractivity contribution in [1.29, 1.82) is 0 Å². The van der Waals surface area contributed by atoms with Crippen LogP contribution in [-0.4, -0.2) is 59.9 Å². The number of ether oxygens (including phenoxy) is 1. The normalized spacial score (nSPS) is 16.5. The molecule has 1 aromatic heterocycles. The number of nitrogens with zero attached hydrogens (tertiary/aromatic N) is 2. The van der Waals surface area contributed by atoms with Gasteiger partial charge in [-0.05, 0) is 62.8 Å². The van der Waals surface area contributed by atoms with Crippen LogP contribution in [-0.2, 0) is 4.79 Å².